The monoisotopic (exact) mass is 364 g/mol. The molecule has 2 rings (SSSR count). The lowest BCUT2D eigenvalue weighted by Gasteiger charge is -2.07. The van der Waals surface area contributed by atoms with Gasteiger partial charge in [0.2, 0.25) is 0 Å². The van der Waals surface area contributed by atoms with E-state index in [2.05, 4.69) is 50.1 Å². The van der Waals surface area contributed by atoms with Gasteiger partial charge in [-0.05, 0) is 45.8 Å². The molecule has 0 aliphatic carbocycles. The van der Waals surface area contributed by atoms with Gasteiger partial charge in [-0.25, -0.2) is 0 Å². The Morgan fingerprint density at radius 3 is 2.60 bits per heavy atom. The fourth-order valence-electron chi connectivity index (χ4n) is 1.29. The highest BCUT2D eigenvalue weighted by Gasteiger charge is 2.12. The summed E-state index contributed by atoms with van der Waals surface area (Å²) in [5, 5.41) is 0.771. The topological polar surface area (TPSA) is 0 Å². The van der Waals surface area contributed by atoms with Gasteiger partial charge in [0.25, 0.3) is 0 Å². The Morgan fingerprint density at radius 1 is 1.20 bits per heavy atom. The zero-order valence-corrected chi connectivity index (χ0v) is 12.3. The maximum absolute atomic E-state index is 5.95. The van der Waals surface area contributed by atoms with Crippen LogP contribution in [0.25, 0.3) is 0 Å². The summed E-state index contributed by atoms with van der Waals surface area (Å²) >= 11 is 14.8. The predicted octanol–water partition coefficient (Wildman–Crippen LogP) is 5.65. The highest BCUT2D eigenvalue weighted by atomic mass is 79.9. The van der Waals surface area contributed by atoms with Crippen molar-refractivity contribution in [2.75, 3.05) is 0 Å². The first-order valence-corrected chi connectivity index (χ1v) is 7.22. The van der Waals surface area contributed by atoms with Gasteiger partial charge < -0.3 is 0 Å². The number of alkyl halides is 1. The summed E-state index contributed by atoms with van der Waals surface area (Å²) < 4.78 is 1.14. The van der Waals surface area contributed by atoms with E-state index in [-0.39, 0.29) is 4.83 Å². The molecule has 0 saturated carbocycles. The fraction of sp³-hybridized carbons (Fsp3) is 0.0909. The van der Waals surface area contributed by atoms with Crippen molar-refractivity contribution in [3.8, 4) is 0 Å². The minimum atomic E-state index is 0.215. The third-order valence-electron chi connectivity index (χ3n) is 1.99. The molecule has 0 radical (unpaired) electrons. The van der Waals surface area contributed by atoms with Crippen LogP contribution in [0, 0.1) is 0 Å². The van der Waals surface area contributed by atoms with Crippen molar-refractivity contribution in [2.45, 2.75) is 4.83 Å². The number of benzene rings is 1. The van der Waals surface area contributed by atoms with E-state index in [1.165, 1.54) is 10.4 Å². The molecule has 0 amide bonds. The van der Waals surface area contributed by atoms with Gasteiger partial charge in [-0.3, -0.25) is 0 Å². The van der Waals surface area contributed by atoms with Crippen LogP contribution in [0.2, 0.25) is 5.02 Å². The minimum absolute atomic E-state index is 0.215. The maximum Gasteiger partial charge on any atom is 0.0738 e. The van der Waals surface area contributed by atoms with Crippen molar-refractivity contribution in [3.05, 3.63) is 55.6 Å². The molecule has 1 atom stereocenters. The number of rotatable bonds is 2. The van der Waals surface area contributed by atoms with Gasteiger partial charge in [0.15, 0.2) is 0 Å². The molecule has 0 bridgehead atoms. The van der Waals surface area contributed by atoms with Gasteiger partial charge in [0.05, 0.1) is 8.61 Å². The van der Waals surface area contributed by atoms with E-state index >= 15 is 0 Å². The average molecular weight is 367 g/mol. The number of thiophene rings is 1. The standard InChI is InChI=1S/C11H7Br2ClS/c12-10-5-4-9(15-10)11(13)7-2-1-3-8(14)6-7/h1-6,11H. The molecule has 0 aliphatic heterocycles. The number of halogens is 3. The molecule has 1 unspecified atom stereocenters. The molecule has 0 spiro atoms. The molecule has 1 aromatic carbocycles. The summed E-state index contributed by atoms with van der Waals surface area (Å²) in [4.78, 5) is 1.48. The van der Waals surface area contributed by atoms with E-state index in [0.29, 0.717) is 0 Å². The van der Waals surface area contributed by atoms with E-state index in [9.17, 15) is 0 Å². The van der Waals surface area contributed by atoms with Crippen molar-refractivity contribution in [1.82, 2.24) is 0 Å². The Morgan fingerprint density at radius 2 is 2.00 bits per heavy atom. The molecule has 1 aromatic heterocycles. The molecular weight excluding hydrogens is 359 g/mol. The van der Waals surface area contributed by atoms with Crippen LogP contribution in [-0.4, -0.2) is 0 Å². The summed E-state index contributed by atoms with van der Waals surface area (Å²) in [5.74, 6) is 0. The van der Waals surface area contributed by atoms with Crippen molar-refractivity contribution in [3.63, 3.8) is 0 Å². The summed E-state index contributed by atoms with van der Waals surface area (Å²) in [6, 6.07) is 12.1. The van der Waals surface area contributed by atoms with Gasteiger partial charge in [-0.15, -0.1) is 11.3 Å². The second-order valence-electron chi connectivity index (χ2n) is 3.06. The van der Waals surface area contributed by atoms with Gasteiger partial charge in [0.1, 0.15) is 0 Å². The zero-order valence-electron chi connectivity index (χ0n) is 7.58. The molecule has 1 heterocycles. The molecule has 0 aliphatic rings. The maximum atomic E-state index is 5.95. The first-order chi connectivity index (χ1) is 7.16. The van der Waals surface area contributed by atoms with E-state index in [0.717, 1.165) is 8.81 Å². The van der Waals surface area contributed by atoms with Crippen molar-refractivity contribution < 1.29 is 0 Å². The second-order valence-corrected chi connectivity index (χ2v) is 6.91. The normalized spacial score (nSPS) is 12.7. The van der Waals surface area contributed by atoms with E-state index < -0.39 is 0 Å². The van der Waals surface area contributed by atoms with Crippen molar-refractivity contribution in [1.29, 1.82) is 0 Å². The lowest BCUT2D eigenvalue weighted by Crippen LogP contribution is -1.88. The Balaban J connectivity index is 2.32. The van der Waals surface area contributed by atoms with Gasteiger partial charge >= 0.3 is 0 Å². The summed E-state index contributed by atoms with van der Waals surface area (Å²) in [7, 11) is 0. The number of hydrogen-bond acceptors (Lipinski definition) is 1. The summed E-state index contributed by atoms with van der Waals surface area (Å²) in [6.45, 7) is 0. The minimum Gasteiger partial charge on any atom is -0.132 e. The third kappa shape index (κ3) is 2.84. The van der Waals surface area contributed by atoms with Crippen LogP contribution in [0.5, 0.6) is 0 Å². The second kappa shape index (κ2) is 5.00. The number of hydrogen-bond donors (Lipinski definition) is 0. The van der Waals surface area contributed by atoms with Crippen LogP contribution in [0.1, 0.15) is 15.3 Å². The zero-order chi connectivity index (χ0) is 10.8. The van der Waals surface area contributed by atoms with Crippen LogP contribution in [-0.2, 0) is 0 Å². The molecular formula is C11H7Br2ClS. The Hall–Kier alpha value is 0.170. The van der Waals surface area contributed by atoms with Gasteiger partial charge in [-0.1, -0.05) is 39.7 Å². The SMILES string of the molecule is Clc1cccc(C(Br)c2ccc(Br)s2)c1. The van der Waals surface area contributed by atoms with Crippen LogP contribution >= 0.6 is 54.8 Å². The molecule has 0 saturated heterocycles. The molecule has 2 aromatic rings. The largest absolute Gasteiger partial charge is 0.132 e. The van der Waals surface area contributed by atoms with Gasteiger partial charge in [-0.2, -0.15) is 0 Å². The first-order valence-electron chi connectivity index (χ1n) is 4.31. The molecule has 0 fully saturated rings. The molecule has 0 N–H and O–H groups in total. The molecule has 15 heavy (non-hydrogen) atoms. The van der Waals surface area contributed by atoms with Crippen LogP contribution < -0.4 is 0 Å². The van der Waals surface area contributed by atoms with Crippen LogP contribution in [0.3, 0.4) is 0 Å². The third-order valence-corrected chi connectivity index (χ3v) is 5.23. The van der Waals surface area contributed by atoms with Crippen LogP contribution in [0.15, 0.2) is 40.2 Å². The van der Waals surface area contributed by atoms with Crippen molar-refractivity contribution >= 4 is 54.8 Å². The van der Waals surface area contributed by atoms with E-state index in [1.807, 2.05) is 18.2 Å². The molecule has 4 heteroatoms. The lowest BCUT2D eigenvalue weighted by atomic mass is 10.1. The lowest BCUT2D eigenvalue weighted by molar-refractivity contribution is 1.23. The molecule has 78 valence electrons. The first kappa shape index (κ1) is 11.6. The van der Waals surface area contributed by atoms with Crippen LogP contribution in [0.4, 0.5) is 0 Å². The van der Waals surface area contributed by atoms with Crippen molar-refractivity contribution in [2.24, 2.45) is 0 Å². The predicted molar refractivity (Wildman–Crippen MR) is 74.2 cm³/mol. The fourth-order valence-corrected chi connectivity index (χ4v) is 3.64. The quantitative estimate of drug-likeness (QED) is 0.603. The average Bonchev–Trinajstić information content (AvgIpc) is 2.64. The van der Waals surface area contributed by atoms with Gasteiger partial charge in [0, 0.05) is 9.90 Å². The van der Waals surface area contributed by atoms with E-state index in [4.69, 9.17) is 11.6 Å². The smallest absolute Gasteiger partial charge is 0.0738 e. The summed E-state index contributed by atoms with van der Waals surface area (Å²) in [6.07, 6.45) is 0. The Labute approximate surface area is 115 Å². The Kier molecular flexibility index (Phi) is 3.88. The molecule has 0 nitrogen and oxygen atoms in total. The van der Waals surface area contributed by atoms with E-state index in [1.54, 1.807) is 11.3 Å². The Bertz CT molecular complexity index is 467. The summed E-state index contributed by atoms with van der Waals surface area (Å²) in [5.41, 5.74) is 1.18. The highest BCUT2D eigenvalue weighted by molar-refractivity contribution is 9.11. The highest BCUT2D eigenvalue weighted by Crippen LogP contribution is 2.37.